The number of nitrogens with one attached hydrogen (secondary N) is 1. The van der Waals surface area contributed by atoms with Gasteiger partial charge in [0.2, 0.25) is 5.95 Å². The molecule has 3 aromatic carbocycles. The summed E-state index contributed by atoms with van der Waals surface area (Å²) >= 11 is 0. The van der Waals surface area contributed by atoms with Gasteiger partial charge >= 0.3 is 0 Å². The van der Waals surface area contributed by atoms with Gasteiger partial charge in [-0.25, -0.2) is 15.0 Å². The van der Waals surface area contributed by atoms with Crippen molar-refractivity contribution in [3.05, 3.63) is 99.8 Å². The number of anilines is 1. The molecule has 1 aromatic heterocycles. The normalized spacial score (nSPS) is 11.2. The van der Waals surface area contributed by atoms with Crippen LogP contribution in [-0.2, 0) is 0 Å². The van der Waals surface area contributed by atoms with E-state index in [9.17, 15) is 4.79 Å². The topological polar surface area (TPSA) is 59.3 Å². The average Bonchev–Trinajstić information content (AvgIpc) is 2.71. The Morgan fingerprint density at radius 3 is 2.43 bits per heavy atom. The first-order valence-electron chi connectivity index (χ1n) is 9.07. The summed E-state index contributed by atoms with van der Waals surface area (Å²) in [6.45, 7) is 4.01. The minimum atomic E-state index is -0.132. The van der Waals surface area contributed by atoms with Crippen molar-refractivity contribution in [1.29, 1.82) is 0 Å². The second-order valence-electron chi connectivity index (χ2n) is 6.66. The number of hydrogen-bond donors (Lipinski definition) is 1. The molecule has 0 atom stereocenters. The van der Waals surface area contributed by atoms with E-state index in [0.717, 1.165) is 16.8 Å². The molecule has 28 heavy (non-hydrogen) atoms. The molecule has 4 rings (SSSR count). The van der Waals surface area contributed by atoms with Crippen molar-refractivity contribution < 1.29 is 0 Å². The van der Waals surface area contributed by atoms with Crippen molar-refractivity contribution in [2.24, 2.45) is 5.10 Å². The lowest BCUT2D eigenvalue weighted by Crippen LogP contribution is -2.23. The van der Waals surface area contributed by atoms with E-state index in [1.807, 2.05) is 80.6 Å². The predicted molar refractivity (Wildman–Crippen MR) is 114 cm³/mol. The van der Waals surface area contributed by atoms with Crippen LogP contribution in [0.5, 0.6) is 0 Å². The van der Waals surface area contributed by atoms with E-state index in [0.29, 0.717) is 16.9 Å². The molecule has 0 fully saturated rings. The second kappa shape index (κ2) is 7.48. The Morgan fingerprint density at radius 2 is 1.64 bits per heavy atom. The summed E-state index contributed by atoms with van der Waals surface area (Å²) in [4.78, 5) is 17.8. The number of benzene rings is 3. The number of hydrogen-bond acceptors (Lipinski definition) is 4. The van der Waals surface area contributed by atoms with Crippen LogP contribution in [0.1, 0.15) is 16.7 Å². The largest absolute Gasteiger partial charge is 0.268 e. The summed E-state index contributed by atoms with van der Waals surface area (Å²) in [5.41, 5.74) is 7.36. The highest BCUT2D eigenvalue weighted by Crippen LogP contribution is 2.19. The van der Waals surface area contributed by atoms with Crippen LogP contribution in [-0.4, -0.2) is 15.8 Å². The molecule has 0 radical (unpaired) electrons. The van der Waals surface area contributed by atoms with E-state index in [2.05, 4.69) is 15.5 Å². The highest BCUT2D eigenvalue weighted by Gasteiger charge is 2.13. The number of hydrazone groups is 1. The number of nitrogens with zero attached hydrogens (tertiary/aromatic N) is 3. The molecule has 0 bridgehead atoms. The van der Waals surface area contributed by atoms with E-state index in [1.165, 1.54) is 5.56 Å². The van der Waals surface area contributed by atoms with Gasteiger partial charge in [-0.05, 0) is 43.2 Å². The fourth-order valence-electron chi connectivity index (χ4n) is 3.06. The minimum absolute atomic E-state index is 0.132. The van der Waals surface area contributed by atoms with E-state index in [-0.39, 0.29) is 5.56 Å². The van der Waals surface area contributed by atoms with Gasteiger partial charge < -0.3 is 0 Å². The van der Waals surface area contributed by atoms with Crippen molar-refractivity contribution in [3.8, 4) is 5.69 Å². The second-order valence-corrected chi connectivity index (χ2v) is 6.66. The molecule has 4 aromatic rings. The Kier molecular flexibility index (Phi) is 4.72. The zero-order valence-electron chi connectivity index (χ0n) is 15.8. The van der Waals surface area contributed by atoms with Crippen molar-refractivity contribution in [1.82, 2.24) is 9.55 Å². The molecule has 138 valence electrons. The first kappa shape index (κ1) is 17.7. The van der Waals surface area contributed by atoms with E-state index in [4.69, 9.17) is 0 Å². The van der Waals surface area contributed by atoms with Crippen LogP contribution in [0.4, 0.5) is 5.95 Å². The maximum Gasteiger partial charge on any atom is 0.267 e. The number of rotatable bonds is 4. The van der Waals surface area contributed by atoms with Gasteiger partial charge in [-0.3, -0.25) is 4.79 Å². The monoisotopic (exact) mass is 368 g/mol. The molecule has 5 nitrogen and oxygen atoms in total. The zero-order chi connectivity index (χ0) is 19.5. The van der Waals surface area contributed by atoms with Gasteiger partial charge in [0.05, 0.1) is 22.8 Å². The maximum absolute atomic E-state index is 13.2. The minimum Gasteiger partial charge on any atom is -0.268 e. The lowest BCUT2D eigenvalue weighted by molar-refractivity contribution is 0.947. The summed E-state index contributed by atoms with van der Waals surface area (Å²) in [6, 6.07) is 23.1. The molecule has 0 aliphatic rings. The molecule has 0 unspecified atom stereocenters. The summed E-state index contributed by atoms with van der Waals surface area (Å²) in [6.07, 6.45) is 1.71. The standard InChI is InChI=1S/C23H20N4O/c1-16-11-13-18(14-12-16)15-24-26-23-25-20-9-5-4-8-19(20)22(28)27(23)21-10-6-3-7-17(21)2/h3-15H,1-2H3,(H,25,26)/b24-15+. The third-order valence-electron chi connectivity index (χ3n) is 4.59. The Hall–Kier alpha value is -3.73. The molecule has 0 aliphatic carbocycles. The molecule has 0 spiro atoms. The lowest BCUT2D eigenvalue weighted by atomic mass is 10.2. The van der Waals surface area contributed by atoms with Crippen molar-refractivity contribution in [2.45, 2.75) is 13.8 Å². The number of para-hydroxylation sites is 2. The third kappa shape index (κ3) is 3.42. The molecule has 0 aliphatic heterocycles. The smallest absolute Gasteiger partial charge is 0.267 e. The van der Waals surface area contributed by atoms with Gasteiger partial charge in [0.1, 0.15) is 0 Å². The van der Waals surface area contributed by atoms with Crippen LogP contribution in [0.3, 0.4) is 0 Å². The SMILES string of the molecule is Cc1ccc(/C=N/Nc2nc3ccccc3c(=O)n2-c2ccccc2C)cc1. The number of aryl methyl sites for hydroxylation is 2. The molecule has 0 amide bonds. The molecular formula is C23H20N4O. The predicted octanol–water partition coefficient (Wildman–Crippen LogP) is 4.45. The molecule has 0 saturated carbocycles. The van der Waals surface area contributed by atoms with Gasteiger partial charge in [0.15, 0.2) is 0 Å². The summed E-state index contributed by atoms with van der Waals surface area (Å²) in [5, 5.41) is 4.88. The fourth-order valence-corrected chi connectivity index (χ4v) is 3.06. The summed E-state index contributed by atoms with van der Waals surface area (Å²) in [7, 11) is 0. The molecule has 1 heterocycles. The quantitative estimate of drug-likeness (QED) is 0.428. The molecular weight excluding hydrogens is 348 g/mol. The van der Waals surface area contributed by atoms with Crippen molar-refractivity contribution in [2.75, 3.05) is 5.43 Å². The van der Waals surface area contributed by atoms with Gasteiger partial charge in [0, 0.05) is 0 Å². The highest BCUT2D eigenvalue weighted by molar-refractivity contribution is 5.81. The first-order valence-corrected chi connectivity index (χ1v) is 9.07. The van der Waals surface area contributed by atoms with Gasteiger partial charge in [-0.1, -0.05) is 60.2 Å². The first-order chi connectivity index (χ1) is 13.6. The van der Waals surface area contributed by atoms with Gasteiger partial charge in [-0.2, -0.15) is 5.10 Å². The Morgan fingerprint density at radius 1 is 0.929 bits per heavy atom. The molecule has 0 saturated heterocycles. The van der Waals surface area contributed by atoms with Crippen LogP contribution >= 0.6 is 0 Å². The maximum atomic E-state index is 13.2. The third-order valence-corrected chi connectivity index (χ3v) is 4.59. The van der Waals surface area contributed by atoms with Gasteiger partial charge in [0.25, 0.3) is 5.56 Å². The van der Waals surface area contributed by atoms with Crippen LogP contribution in [0.25, 0.3) is 16.6 Å². The van der Waals surface area contributed by atoms with E-state index < -0.39 is 0 Å². The summed E-state index contributed by atoms with van der Waals surface area (Å²) < 4.78 is 1.57. The summed E-state index contributed by atoms with van der Waals surface area (Å²) in [5.74, 6) is 0.376. The van der Waals surface area contributed by atoms with Crippen LogP contribution < -0.4 is 11.0 Å². The average molecular weight is 368 g/mol. The molecule has 5 heteroatoms. The number of aromatic nitrogens is 2. The Balaban J connectivity index is 1.82. The molecule has 1 N–H and O–H groups in total. The van der Waals surface area contributed by atoms with Crippen LogP contribution in [0.2, 0.25) is 0 Å². The van der Waals surface area contributed by atoms with E-state index >= 15 is 0 Å². The Bertz CT molecular complexity index is 1220. The van der Waals surface area contributed by atoms with Gasteiger partial charge in [-0.15, -0.1) is 0 Å². The lowest BCUT2D eigenvalue weighted by Gasteiger charge is -2.14. The van der Waals surface area contributed by atoms with Crippen molar-refractivity contribution in [3.63, 3.8) is 0 Å². The highest BCUT2D eigenvalue weighted by atomic mass is 16.1. The van der Waals surface area contributed by atoms with Crippen molar-refractivity contribution >= 4 is 23.1 Å². The number of fused-ring (bicyclic) bond motifs is 1. The Labute approximate surface area is 163 Å². The van der Waals surface area contributed by atoms with E-state index in [1.54, 1.807) is 16.8 Å². The zero-order valence-corrected chi connectivity index (χ0v) is 15.8. The van der Waals surface area contributed by atoms with Crippen LogP contribution in [0.15, 0.2) is 82.7 Å². The fraction of sp³-hybridized carbons (Fsp3) is 0.0870. The van der Waals surface area contributed by atoms with Crippen LogP contribution in [0, 0.1) is 13.8 Å².